The molecule has 0 aromatic rings. The van der Waals surface area contributed by atoms with Crippen LogP contribution in [0.15, 0.2) is 0 Å². The SMILES string of the molecule is CC(C)[C@@H]1CC[C@]2(C)CC[C@]3(C)[C@H](CC[C@@H]4[C@]5(C)CC[C@@H](OC(=O)CBr)C(C)(C)[C@@H]5CC[C@]43C)[C@@H]12. The molecule has 0 heterocycles. The van der Waals surface area contributed by atoms with Crippen LogP contribution in [0.3, 0.4) is 0 Å². The van der Waals surface area contributed by atoms with Crippen LogP contribution in [0.5, 0.6) is 0 Å². The number of hydrogen-bond acceptors (Lipinski definition) is 2. The molecule has 0 aromatic carbocycles. The third kappa shape index (κ3) is 3.54. The Morgan fingerprint density at radius 2 is 1.54 bits per heavy atom. The van der Waals surface area contributed by atoms with Crippen LogP contribution in [0.25, 0.3) is 0 Å². The molecule has 5 aliphatic carbocycles. The Hall–Kier alpha value is -0.0500. The van der Waals surface area contributed by atoms with Gasteiger partial charge in [0.15, 0.2) is 0 Å². The first-order valence-electron chi connectivity index (χ1n) is 15.0. The van der Waals surface area contributed by atoms with E-state index in [-0.39, 0.29) is 17.5 Å². The van der Waals surface area contributed by atoms with Crippen molar-refractivity contribution in [3.05, 3.63) is 0 Å². The van der Waals surface area contributed by atoms with Gasteiger partial charge in [0.1, 0.15) is 11.4 Å². The number of alkyl halides is 1. The minimum absolute atomic E-state index is 0.0449. The molecule has 5 aliphatic rings. The first-order valence-corrected chi connectivity index (χ1v) is 16.1. The number of carbonyl (C=O) groups excluding carboxylic acids is 1. The molecule has 5 rings (SSSR count). The fourth-order valence-electron chi connectivity index (χ4n) is 12.1. The van der Waals surface area contributed by atoms with Gasteiger partial charge in [-0.25, -0.2) is 0 Å². The first kappa shape index (κ1) is 26.6. The molecule has 3 heteroatoms. The topological polar surface area (TPSA) is 26.3 Å². The summed E-state index contributed by atoms with van der Waals surface area (Å²) < 4.78 is 6.02. The summed E-state index contributed by atoms with van der Waals surface area (Å²) in [5.41, 5.74) is 1.89. The van der Waals surface area contributed by atoms with E-state index in [2.05, 4.69) is 71.3 Å². The van der Waals surface area contributed by atoms with Gasteiger partial charge < -0.3 is 4.74 Å². The average molecular weight is 550 g/mol. The van der Waals surface area contributed by atoms with E-state index in [0.717, 1.165) is 36.0 Å². The third-order valence-corrected chi connectivity index (χ3v) is 14.5. The molecule has 0 unspecified atom stereocenters. The maximum atomic E-state index is 12.2. The summed E-state index contributed by atoms with van der Waals surface area (Å²) in [6, 6.07) is 0. The maximum Gasteiger partial charge on any atom is 0.316 e. The van der Waals surface area contributed by atoms with E-state index in [4.69, 9.17) is 4.74 Å². The minimum atomic E-state index is -0.0955. The van der Waals surface area contributed by atoms with Crippen LogP contribution in [-0.4, -0.2) is 17.4 Å². The molecule has 35 heavy (non-hydrogen) atoms. The van der Waals surface area contributed by atoms with Crippen LogP contribution < -0.4 is 0 Å². The second kappa shape index (κ2) is 8.47. The molecule has 0 radical (unpaired) electrons. The fourth-order valence-corrected chi connectivity index (χ4v) is 12.3. The Kier molecular flexibility index (Phi) is 6.43. The van der Waals surface area contributed by atoms with E-state index in [1.807, 2.05) is 0 Å². The minimum Gasteiger partial charge on any atom is -0.461 e. The van der Waals surface area contributed by atoms with Gasteiger partial charge in [0.05, 0.1) is 0 Å². The van der Waals surface area contributed by atoms with E-state index < -0.39 is 0 Å². The molecule has 0 amide bonds. The summed E-state index contributed by atoms with van der Waals surface area (Å²) in [5.74, 6) is 4.92. The summed E-state index contributed by atoms with van der Waals surface area (Å²) in [5, 5.41) is 0.305. The molecular weight excluding hydrogens is 496 g/mol. The van der Waals surface area contributed by atoms with Crippen molar-refractivity contribution in [1.82, 2.24) is 0 Å². The molecular formula is C32H53BrO2. The van der Waals surface area contributed by atoms with Crippen LogP contribution >= 0.6 is 15.9 Å². The second-order valence-electron chi connectivity index (χ2n) is 15.8. The Bertz CT molecular complexity index is 851. The van der Waals surface area contributed by atoms with Crippen LogP contribution in [0, 0.1) is 62.6 Å². The smallest absolute Gasteiger partial charge is 0.316 e. The largest absolute Gasteiger partial charge is 0.461 e. The number of halogens is 1. The third-order valence-electron chi connectivity index (χ3n) is 14.1. The van der Waals surface area contributed by atoms with Crippen molar-refractivity contribution in [1.29, 1.82) is 0 Å². The summed E-state index contributed by atoms with van der Waals surface area (Å²) in [6.45, 7) is 20.7. The van der Waals surface area contributed by atoms with Crippen molar-refractivity contribution < 1.29 is 9.53 Å². The van der Waals surface area contributed by atoms with Gasteiger partial charge in [0.2, 0.25) is 0 Å². The van der Waals surface area contributed by atoms with Crippen LogP contribution in [0.1, 0.15) is 120 Å². The van der Waals surface area contributed by atoms with Crippen molar-refractivity contribution in [3.63, 3.8) is 0 Å². The van der Waals surface area contributed by atoms with Crippen molar-refractivity contribution in [2.24, 2.45) is 62.6 Å². The lowest BCUT2D eigenvalue weighted by Gasteiger charge is -2.73. The average Bonchev–Trinajstić information content (AvgIpc) is 3.14. The van der Waals surface area contributed by atoms with Gasteiger partial charge in [0, 0.05) is 5.41 Å². The lowest BCUT2D eigenvalue weighted by molar-refractivity contribution is -0.250. The van der Waals surface area contributed by atoms with Gasteiger partial charge in [-0.3, -0.25) is 4.79 Å². The van der Waals surface area contributed by atoms with Gasteiger partial charge in [-0.05, 0) is 121 Å². The molecule has 0 saturated heterocycles. The quantitative estimate of drug-likeness (QED) is 0.259. The molecule has 10 atom stereocenters. The summed E-state index contributed by atoms with van der Waals surface area (Å²) in [4.78, 5) is 12.2. The van der Waals surface area contributed by atoms with Crippen LogP contribution in [0.4, 0.5) is 0 Å². The predicted molar refractivity (Wildman–Crippen MR) is 148 cm³/mol. The highest BCUT2D eigenvalue weighted by Gasteiger charge is 2.70. The Balaban J connectivity index is 1.47. The van der Waals surface area contributed by atoms with Crippen molar-refractivity contribution in [2.75, 3.05) is 5.33 Å². The highest BCUT2D eigenvalue weighted by Crippen LogP contribution is 2.77. The van der Waals surface area contributed by atoms with Crippen molar-refractivity contribution >= 4 is 21.9 Å². The van der Waals surface area contributed by atoms with Crippen LogP contribution in [-0.2, 0) is 9.53 Å². The van der Waals surface area contributed by atoms with E-state index in [9.17, 15) is 4.79 Å². The summed E-state index contributed by atoms with van der Waals surface area (Å²) >= 11 is 3.31. The van der Waals surface area contributed by atoms with Gasteiger partial charge in [0.25, 0.3) is 0 Å². The number of fused-ring (bicyclic) bond motifs is 7. The van der Waals surface area contributed by atoms with Crippen molar-refractivity contribution in [2.45, 2.75) is 126 Å². The molecule has 0 aliphatic heterocycles. The summed E-state index contributed by atoms with van der Waals surface area (Å²) in [7, 11) is 0. The zero-order chi connectivity index (χ0) is 25.6. The zero-order valence-electron chi connectivity index (χ0n) is 24.0. The van der Waals surface area contributed by atoms with Gasteiger partial charge in [-0.15, -0.1) is 0 Å². The van der Waals surface area contributed by atoms with E-state index >= 15 is 0 Å². The van der Waals surface area contributed by atoms with E-state index in [0.29, 0.717) is 32.9 Å². The lowest BCUT2D eigenvalue weighted by Crippen LogP contribution is -2.66. The molecule has 5 fully saturated rings. The Morgan fingerprint density at radius 3 is 2.20 bits per heavy atom. The Morgan fingerprint density at radius 1 is 0.829 bits per heavy atom. The molecule has 200 valence electrons. The Labute approximate surface area is 224 Å². The van der Waals surface area contributed by atoms with E-state index in [1.54, 1.807) is 0 Å². The monoisotopic (exact) mass is 548 g/mol. The number of ether oxygens (including phenoxy) is 1. The number of rotatable bonds is 3. The van der Waals surface area contributed by atoms with Gasteiger partial charge >= 0.3 is 5.97 Å². The van der Waals surface area contributed by atoms with Gasteiger partial charge in [-0.2, -0.15) is 0 Å². The predicted octanol–water partition coefficient (Wildman–Crippen LogP) is 9.05. The molecule has 5 saturated carbocycles. The second-order valence-corrected chi connectivity index (χ2v) is 16.3. The molecule has 2 nitrogen and oxygen atoms in total. The normalized spacial score (nSPS) is 52.7. The molecule has 0 spiro atoms. The molecule has 0 N–H and O–H groups in total. The fraction of sp³-hybridized carbons (Fsp3) is 0.969. The molecule has 0 aromatic heterocycles. The van der Waals surface area contributed by atoms with Gasteiger partial charge in [-0.1, -0.05) is 71.3 Å². The number of hydrogen-bond donors (Lipinski definition) is 0. The highest BCUT2D eigenvalue weighted by molar-refractivity contribution is 9.09. The van der Waals surface area contributed by atoms with Crippen LogP contribution in [0.2, 0.25) is 0 Å². The first-order chi connectivity index (χ1) is 16.2. The number of carbonyl (C=O) groups is 1. The lowest BCUT2D eigenvalue weighted by atomic mass is 9.32. The standard InChI is InChI=1S/C32H53BrO2/c1-20(2)21-11-14-29(5)17-18-31(7)22(27(21)29)9-10-24-30(6)15-13-25(35-26(34)19-33)28(3,4)23(30)12-16-32(24,31)8/h20-25,27H,9-19H2,1-8H3/t21-,22+,23-,24+,25+,27+,29+,30+,31+,32+/m0/s1. The molecule has 0 bridgehead atoms. The number of esters is 1. The zero-order valence-corrected chi connectivity index (χ0v) is 25.6. The maximum absolute atomic E-state index is 12.2. The summed E-state index contributed by atoms with van der Waals surface area (Å²) in [6.07, 6.45) is 13.7. The van der Waals surface area contributed by atoms with E-state index in [1.165, 1.54) is 57.8 Å². The van der Waals surface area contributed by atoms with Crippen molar-refractivity contribution in [3.8, 4) is 0 Å². The highest BCUT2D eigenvalue weighted by atomic mass is 79.9.